The van der Waals surface area contributed by atoms with Crippen molar-refractivity contribution in [3.8, 4) is 0 Å². The van der Waals surface area contributed by atoms with E-state index < -0.39 is 23.5 Å². The molecule has 0 amide bonds. The van der Waals surface area contributed by atoms with E-state index in [1.54, 1.807) is 18.3 Å². The minimum absolute atomic E-state index is 0.0459. The van der Waals surface area contributed by atoms with E-state index in [1.165, 1.54) is 0 Å². The summed E-state index contributed by atoms with van der Waals surface area (Å²) in [6.45, 7) is 6.63. The van der Waals surface area contributed by atoms with Gasteiger partial charge in [0.1, 0.15) is 17.5 Å². The second-order valence-corrected chi connectivity index (χ2v) is 8.09. The molecule has 0 saturated heterocycles. The molecule has 3 N–H and O–H groups in total. The third-order valence-corrected chi connectivity index (χ3v) is 5.44. The summed E-state index contributed by atoms with van der Waals surface area (Å²) in [7, 11) is 0. The molecule has 0 fully saturated rings. The molecular formula is C26H28F2N4O2. The van der Waals surface area contributed by atoms with Gasteiger partial charge in [-0.05, 0) is 73.2 Å². The first-order chi connectivity index (χ1) is 16.3. The van der Waals surface area contributed by atoms with Gasteiger partial charge in [0.25, 0.3) is 0 Å². The molecule has 1 heterocycles. The molecule has 1 aromatic heterocycles. The summed E-state index contributed by atoms with van der Waals surface area (Å²) in [5, 5.41) is 6.94. The number of carbonyl (C=O) groups excluding carboxylic acids is 1. The van der Waals surface area contributed by atoms with E-state index in [0.717, 1.165) is 41.3 Å². The van der Waals surface area contributed by atoms with Crippen molar-refractivity contribution < 1.29 is 18.4 Å². The molecule has 8 heteroatoms. The topological polar surface area (TPSA) is 89.6 Å². The monoisotopic (exact) mass is 466 g/mol. The molecule has 0 aliphatic carbocycles. The first kappa shape index (κ1) is 24.8. The fourth-order valence-electron chi connectivity index (χ4n) is 3.48. The number of nitrogens with one attached hydrogen (secondary N) is 1. The Morgan fingerprint density at radius 2 is 1.85 bits per heavy atom. The SMILES string of the molecule is CCCNc1ncccc1C(N)=NOC(=O)C(Cc1ccc(C)c(C)c1)c1cc(F)cc(F)c1. The van der Waals surface area contributed by atoms with Crippen LogP contribution in [0.2, 0.25) is 0 Å². The summed E-state index contributed by atoms with van der Waals surface area (Å²) in [5.41, 5.74) is 9.66. The van der Waals surface area contributed by atoms with E-state index in [4.69, 9.17) is 10.6 Å². The summed E-state index contributed by atoms with van der Waals surface area (Å²) >= 11 is 0. The van der Waals surface area contributed by atoms with E-state index >= 15 is 0 Å². The number of nitrogens with two attached hydrogens (primary N) is 1. The highest BCUT2D eigenvalue weighted by molar-refractivity contribution is 6.01. The zero-order chi connectivity index (χ0) is 24.7. The Kier molecular flexibility index (Phi) is 8.29. The number of carbonyl (C=O) groups is 1. The summed E-state index contributed by atoms with van der Waals surface area (Å²) in [6, 6.07) is 12.1. The van der Waals surface area contributed by atoms with Gasteiger partial charge >= 0.3 is 5.97 Å². The normalized spacial score (nSPS) is 12.3. The Bertz CT molecular complexity index is 1180. The lowest BCUT2D eigenvalue weighted by Crippen LogP contribution is -2.21. The maximum atomic E-state index is 13.9. The molecule has 0 bridgehead atoms. The van der Waals surface area contributed by atoms with E-state index in [1.807, 2.05) is 39.0 Å². The van der Waals surface area contributed by atoms with Crippen LogP contribution >= 0.6 is 0 Å². The highest BCUT2D eigenvalue weighted by Gasteiger charge is 2.25. The van der Waals surface area contributed by atoms with Crippen molar-refractivity contribution in [3.05, 3.63) is 94.2 Å². The highest BCUT2D eigenvalue weighted by atomic mass is 19.1. The van der Waals surface area contributed by atoms with Crippen LogP contribution in [0.3, 0.4) is 0 Å². The number of anilines is 1. The quantitative estimate of drug-likeness (QED) is 0.201. The second-order valence-electron chi connectivity index (χ2n) is 8.09. The lowest BCUT2D eigenvalue weighted by atomic mass is 9.90. The number of nitrogens with zero attached hydrogens (tertiary/aromatic N) is 2. The zero-order valence-corrected chi connectivity index (χ0v) is 19.4. The minimum atomic E-state index is -0.990. The van der Waals surface area contributed by atoms with Gasteiger partial charge in [-0.2, -0.15) is 0 Å². The average Bonchev–Trinajstić information content (AvgIpc) is 2.81. The van der Waals surface area contributed by atoms with Crippen LogP contribution in [0.15, 0.2) is 59.9 Å². The van der Waals surface area contributed by atoms with E-state index in [9.17, 15) is 13.6 Å². The van der Waals surface area contributed by atoms with Crippen LogP contribution in [-0.4, -0.2) is 23.3 Å². The Balaban J connectivity index is 1.88. The standard InChI is InChI=1S/C26H28F2N4O2/c1-4-9-30-25-22(6-5-10-31-25)24(29)32-34-26(33)23(19-13-20(27)15-21(28)14-19)12-18-8-7-16(2)17(3)11-18/h5-8,10-11,13-15,23H,4,9,12H2,1-3H3,(H2,29,32)(H,30,31). The molecule has 3 rings (SSSR count). The number of pyridine rings is 1. The van der Waals surface area contributed by atoms with Crippen LogP contribution in [0.5, 0.6) is 0 Å². The van der Waals surface area contributed by atoms with Crippen molar-refractivity contribution in [2.75, 3.05) is 11.9 Å². The average molecular weight is 467 g/mol. The maximum Gasteiger partial charge on any atom is 0.342 e. The molecule has 2 aromatic carbocycles. The predicted molar refractivity (Wildman–Crippen MR) is 129 cm³/mol. The minimum Gasteiger partial charge on any atom is -0.380 e. The maximum absolute atomic E-state index is 13.9. The Morgan fingerprint density at radius 1 is 1.12 bits per heavy atom. The Hall–Kier alpha value is -3.81. The first-order valence-corrected chi connectivity index (χ1v) is 11.0. The van der Waals surface area contributed by atoms with Gasteiger partial charge in [-0.1, -0.05) is 30.3 Å². The molecule has 0 spiro atoms. The number of rotatable bonds is 9. The molecule has 178 valence electrons. The molecule has 0 aliphatic rings. The summed E-state index contributed by atoms with van der Waals surface area (Å²) in [5.74, 6) is -2.86. The fourth-order valence-corrected chi connectivity index (χ4v) is 3.48. The van der Waals surface area contributed by atoms with Crippen molar-refractivity contribution in [2.45, 2.75) is 39.5 Å². The molecule has 1 unspecified atom stereocenters. The lowest BCUT2D eigenvalue weighted by Gasteiger charge is -2.16. The first-order valence-electron chi connectivity index (χ1n) is 11.0. The number of amidine groups is 1. The van der Waals surface area contributed by atoms with Gasteiger partial charge in [0, 0.05) is 18.8 Å². The molecule has 0 saturated carbocycles. The van der Waals surface area contributed by atoms with Crippen LogP contribution in [0.4, 0.5) is 14.6 Å². The summed E-state index contributed by atoms with van der Waals surface area (Å²) in [6.07, 6.45) is 2.67. The van der Waals surface area contributed by atoms with Crippen LogP contribution in [0, 0.1) is 25.5 Å². The third-order valence-electron chi connectivity index (χ3n) is 5.44. The number of aryl methyl sites for hydroxylation is 2. The Morgan fingerprint density at radius 3 is 2.53 bits per heavy atom. The predicted octanol–water partition coefficient (Wildman–Crippen LogP) is 4.99. The number of benzene rings is 2. The lowest BCUT2D eigenvalue weighted by molar-refractivity contribution is -0.145. The van der Waals surface area contributed by atoms with E-state index in [2.05, 4.69) is 15.5 Å². The summed E-state index contributed by atoms with van der Waals surface area (Å²) in [4.78, 5) is 22.5. The third kappa shape index (κ3) is 6.37. The molecule has 3 aromatic rings. The van der Waals surface area contributed by atoms with Gasteiger partial charge in [0.15, 0.2) is 5.84 Å². The number of hydrogen-bond acceptors (Lipinski definition) is 5. The number of oxime groups is 1. The molecule has 0 radical (unpaired) electrons. The molecule has 0 aliphatic heterocycles. The van der Waals surface area contributed by atoms with Crippen molar-refractivity contribution >= 4 is 17.6 Å². The molecular weight excluding hydrogens is 438 g/mol. The van der Waals surface area contributed by atoms with Gasteiger partial charge in [-0.15, -0.1) is 0 Å². The van der Waals surface area contributed by atoms with Gasteiger partial charge in [0.05, 0.1) is 11.5 Å². The number of aromatic nitrogens is 1. The second kappa shape index (κ2) is 11.4. The van der Waals surface area contributed by atoms with Gasteiger partial charge in [-0.3, -0.25) is 0 Å². The Labute approximate surface area is 197 Å². The van der Waals surface area contributed by atoms with Crippen molar-refractivity contribution in [2.24, 2.45) is 10.9 Å². The van der Waals surface area contributed by atoms with Gasteiger partial charge < -0.3 is 15.9 Å². The van der Waals surface area contributed by atoms with Crippen molar-refractivity contribution in [1.82, 2.24) is 4.98 Å². The largest absolute Gasteiger partial charge is 0.380 e. The summed E-state index contributed by atoms with van der Waals surface area (Å²) < 4.78 is 27.9. The number of hydrogen-bond donors (Lipinski definition) is 2. The fraction of sp³-hybridized carbons (Fsp3) is 0.269. The molecule has 1 atom stereocenters. The van der Waals surface area contributed by atoms with Crippen LogP contribution < -0.4 is 11.1 Å². The van der Waals surface area contributed by atoms with E-state index in [-0.39, 0.29) is 17.8 Å². The van der Waals surface area contributed by atoms with Gasteiger partial charge in [0.2, 0.25) is 0 Å². The highest BCUT2D eigenvalue weighted by Crippen LogP contribution is 2.26. The molecule has 6 nitrogen and oxygen atoms in total. The number of halogens is 2. The zero-order valence-electron chi connectivity index (χ0n) is 19.4. The van der Waals surface area contributed by atoms with Crippen molar-refractivity contribution in [3.63, 3.8) is 0 Å². The van der Waals surface area contributed by atoms with Crippen LogP contribution in [0.25, 0.3) is 0 Å². The smallest absolute Gasteiger partial charge is 0.342 e. The van der Waals surface area contributed by atoms with E-state index in [0.29, 0.717) is 17.9 Å². The van der Waals surface area contributed by atoms with Crippen LogP contribution in [-0.2, 0) is 16.1 Å². The van der Waals surface area contributed by atoms with Crippen LogP contribution in [0.1, 0.15) is 47.1 Å². The van der Waals surface area contributed by atoms with Gasteiger partial charge in [-0.25, -0.2) is 18.6 Å². The van der Waals surface area contributed by atoms with Crippen molar-refractivity contribution in [1.29, 1.82) is 0 Å². The molecule has 34 heavy (non-hydrogen) atoms.